The Balaban J connectivity index is 2.74. The van der Waals surface area contributed by atoms with Crippen LogP contribution in [-0.2, 0) is 38.1 Å². The Bertz CT molecular complexity index is 871. The third kappa shape index (κ3) is 8.62. The molecule has 0 saturated heterocycles. The van der Waals surface area contributed by atoms with E-state index in [1.54, 1.807) is 0 Å². The van der Waals surface area contributed by atoms with E-state index in [4.69, 9.17) is 19.4 Å². The lowest BCUT2D eigenvalue weighted by molar-refractivity contribution is -0.0742. The normalized spacial score (nSPS) is 18.0. The Hall–Kier alpha value is -0.950. The van der Waals surface area contributed by atoms with Crippen LogP contribution in [0.2, 0.25) is 0 Å². The zero-order chi connectivity index (χ0) is 20.2. The second-order valence-electron chi connectivity index (χ2n) is 4.45. The van der Waals surface area contributed by atoms with Crippen LogP contribution in [0.3, 0.4) is 0 Å². The molecule has 0 spiro atoms. The summed E-state index contributed by atoms with van der Waals surface area (Å²) >= 11 is 0. The number of methoxy groups -OCH3 is 1. The minimum Gasteiger partial charge on any atom is -0.355 e. The van der Waals surface area contributed by atoms with Gasteiger partial charge in [-0.1, -0.05) is 0 Å². The van der Waals surface area contributed by atoms with Crippen LogP contribution in [0.25, 0.3) is 0 Å². The molecule has 2 unspecified atom stereocenters. The number of H-pyrrole nitrogens is 1. The molecule has 0 fully saturated rings. The van der Waals surface area contributed by atoms with E-state index in [-0.39, 0.29) is 13.0 Å². The second-order valence-corrected chi connectivity index (χ2v) is 8.83. The fourth-order valence-electron chi connectivity index (χ4n) is 1.53. The van der Waals surface area contributed by atoms with Crippen molar-refractivity contribution in [3.63, 3.8) is 0 Å². The van der Waals surface area contributed by atoms with E-state index in [9.17, 15) is 28.2 Å². The lowest BCUT2D eigenvalue weighted by atomic mass is 10.4. The fourth-order valence-corrected chi connectivity index (χ4v) is 4.67. The van der Waals surface area contributed by atoms with Gasteiger partial charge in [-0.2, -0.15) is 8.62 Å². The van der Waals surface area contributed by atoms with Crippen LogP contribution < -0.4 is 11.2 Å². The summed E-state index contributed by atoms with van der Waals surface area (Å²) in [5.74, 6) is 0. The third-order valence-electron chi connectivity index (χ3n) is 2.43. The standard InChI is InChI=1S/C8H15N2O13P3/c1-20-7(3-5-10-4-2-6(11)9-8(10)12)21-25(16,17)23-26(18,19)22-24(13,14)15/h2,4,7H,3,5H2,1H3,(H,16,17)(H,18,19)(H,9,11,12)(H2,13,14,15)/t7-/m1/s1. The third-order valence-corrected chi connectivity index (χ3v) is 6.26. The zero-order valence-corrected chi connectivity index (χ0v) is 15.6. The highest BCUT2D eigenvalue weighted by Gasteiger charge is 2.41. The quantitative estimate of drug-likeness (QED) is 0.223. The summed E-state index contributed by atoms with van der Waals surface area (Å²) in [6.07, 6.45) is -0.663. The summed E-state index contributed by atoms with van der Waals surface area (Å²) in [6.45, 7) is -0.163. The van der Waals surface area contributed by atoms with Gasteiger partial charge in [0.15, 0.2) is 6.29 Å². The first-order valence-electron chi connectivity index (χ1n) is 6.38. The van der Waals surface area contributed by atoms with Crippen LogP contribution in [0, 0.1) is 0 Å². The molecule has 0 aliphatic heterocycles. The number of hydrogen-bond donors (Lipinski definition) is 5. The monoisotopic (exact) mass is 440 g/mol. The van der Waals surface area contributed by atoms with Gasteiger partial charge in [0, 0.05) is 32.3 Å². The number of rotatable bonds is 10. The molecule has 0 radical (unpaired) electrons. The number of phosphoric acid groups is 3. The highest BCUT2D eigenvalue weighted by Crippen LogP contribution is 2.66. The first-order valence-corrected chi connectivity index (χ1v) is 10.9. The molecule has 15 nitrogen and oxygen atoms in total. The van der Waals surface area contributed by atoms with Gasteiger partial charge in [0.1, 0.15) is 0 Å². The average molecular weight is 440 g/mol. The summed E-state index contributed by atoms with van der Waals surface area (Å²) in [5.41, 5.74) is -1.41. The maximum atomic E-state index is 11.7. The Morgan fingerprint density at radius 2 is 1.73 bits per heavy atom. The summed E-state index contributed by atoms with van der Waals surface area (Å²) in [5, 5.41) is 0. The number of aromatic nitrogens is 2. The largest absolute Gasteiger partial charge is 0.490 e. The van der Waals surface area contributed by atoms with E-state index in [1.807, 2.05) is 4.98 Å². The average Bonchev–Trinajstić information content (AvgIpc) is 2.40. The molecular formula is C8H15N2O13P3. The minimum absolute atomic E-state index is 0.163. The Morgan fingerprint density at radius 3 is 2.23 bits per heavy atom. The molecule has 0 aliphatic rings. The van der Waals surface area contributed by atoms with Gasteiger partial charge in [0.05, 0.1) is 0 Å². The predicted molar refractivity (Wildman–Crippen MR) is 81.7 cm³/mol. The van der Waals surface area contributed by atoms with E-state index in [1.165, 1.54) is 0 Å². The molecule has 1 aromatic heterocycles. The topological polar surface area (TPSA) is 224 Å². The molecule has 26 heavy (non-hydrogen) atoms. The molecule has 1 aromatic rings. The minimum atomic E-state index is -5.64. The summed E-state index contributed by atoms with van der Waals surface area (Å²) in [7, 11) is -15.5. The van der Waals surface area contributed by atoms with Crippen molar-refractivity contribution in [3.05, 3.63) is 33.1 Å². The number of nitrogens with one attached hydrogen (secondary N) is 1. The molecule has 0 amide bonds. The van der Waals surface area contributed by atoms with Crippen molar-refractivity contribution in [2.24, 2.45) is 0 Å². The molecule has 0 saturated carbocycles. The van der Waals surface area contributed by atoms with Crippen molar-refractivity contribution < 1.29 is 51.2 Å². The number of hydrogen-bond acceptors (Lipinski definition) is 9. The number of aryl methyl sites for hydroxylation is 1. The van der Waals surface area contributed by atoms with Crippen molar-refractivity contribution in [2.45, 2.75) is 19.3 Å². The summed E-state index contributed by atoms with van der Waals surface area (Å²) < 4.78 is 50.6. The van der Waals surface area contributed by atoms with Gasteiger partial charge in [0.2, 0.25) is 0 Å². The van der Waals surface area contributed by atoms with Crippen LogP contribution in [0.15, 0.2) is 21.9 Å². The van der Waals surface area contributed by atoms with E-state index in [0.717, 1.165) is 23.9 Å². The number of aromatic amines is 1. The molecule has 0 aliphatic carbocycles. The van der Waals surface area contributed by atoms with Crippen molar-refractivity contribution >= 4 is 23.5 Å². The van der Waals surface area contributed by atoms with E-state index < -0.39 is 41.0 Å². The summed E-state index contributed by atoms with van der Waals surface area (Å²) in [4.78, 5) is 59.6. The van der Waals surface area contributed by atoms with Crippen molar-refractivity contribution in [1.82, 2.24) is 9.55 Å². The molecule has 5 N–H and O–H groups in total. The second kappa shape index (κ2) is 8.83. The first kappa shape index (κ1) is 23.1. The number of nitrogens with zero attached hydrogens (tertiary/aromatic N) is 1. The Morgan fingerprint density at radius 1 is 1.12 bits per heavy atom. The molecule has 0 bridgehead atoms. The van der Waals surface area contributed by atoms with E-state index in [2.05, 4.69) is 13.1 Å². The summed E-state index contributed by atoms with van der Waals surface area (Å²) in [6, 6.07) is 1.05. The lowest BCUT2D eigenvalue weighted by Gasteiger charge is -2.21. The van der Waals surface area contributed by atoms with Gasteiger partial charge in [-0.05, 0) is 0 Å². The predicted octanol–water partition coefficient (Wildman–Crippen LogP) is -0.757. The van der Waals surface area contributed by atoms with Crippen LogP contribution in [0.4, 0.5) is 0 Å². The van der Waals surface area contributed by atoms with Gasteiger partial charge in [0.25, 0.3) is 5.56 Å². The van der Waals surface area contributed by atoms with Gasteiger partial charge < -0.3 is 28.9 Å². The molecular weight excluding hydrogens is 425 g/mol. The van der Waals surface area contributed by atoms with Gasteiger partial charge in [-0.25, -0.2) is 18.5 Å². The highest BCUT2D eigenvalue weighted by molar-refractivity contribution is 7.66. The first-order chi connectivity index (χ1) is 11.7. The maximum absolute atomic E-state index is 11.7. The van der Waals surface area contributed by atoms with Crippen molar-refractivity contribution in [1.29, 1.82) is 0 Å². The smallest absolute Gasteiger partial charge is 0.355 e. The molecule has 3 atom stereocenters. The molecule has 1 rings (SSSR count). The lowest BCUT2D eigenvalue weighted by Crippen LogP contribution is -2.30. The maximum Gasteiger partial charge on any atom is 0.490 e. The number of ether oxygens (including phenoxy) is 1. The highest BCUT2D eigenvalue weighted by atomic mass is 31.3. The van der Waals surface area contributed by atoms with E-state index in [0.29, 0.717) is 0 Å². The van der Waals surface area contributed by atoms with Crippen LogP contribution in [-0.4, -0.2) is 42.5 Å². The van der Waals surface area contributed by atoms with Crippen LogP contribution in [0.1, 0.15) is 6.42 Å². The van der Waals surface area contributed by atoms with Crippen LogP contribution >= 0.6 is 23.5 Å². The van der Waals surface area contributed by atoms with E-state index >= 15 is 0 Å². The Labute approximate surface area is 144 Å². The molecule has 0 aromatic carbocycles. The van der Waals surface area contributed by atoms with Gasteiger partial charge in [-0.15, -0.1) is 0 Å². The van der Waals surface area contributed by atoms with Gasteiger partial charge in [-0.3, -0.25) is 14.3 Å². The van der Waals surface area contributed by atoms with Crippen molar-refractivity contribution in [2.75, 3.05) is 7.11 Å². The zero-order valence-electron chi connectivity index (χ0n) is 12.9. The molecule has 1 heterocycles. The van der Waals surface area contributed by atoms with Gasteiger partial charge >= 0.3 is 29.2 Å². The fraction of sp³-hybridized carbons (Fsp3) is 0.500. The number of phosphoric ester groups is 1. The van der Waals surface area contributed by atoms with Crippen molar-refractivity contribution in [3.8, 4) is 0 Å². The molecule has 18 heteroatoms. The molecule has 150 valence electrons. The Kier molecular flexibility index (Phi) is 7.84. The van der Waals surface area contributed by atoms with Crippen LogP contribution in [0.5, 0.6) is 0 Å². The SMILES string of the molecule is CO[C@@H](CCn1ccc(=O)[nH]c1=O)OP(=O)(O)OP(=O)(O)OP(=O)(O)O.